The van der Waals surface area contributed by atoms with Crippen molar-refractivity contribution in [2.45, 2.75) is 32.2 Å². The van der Waals surface area contributed by atoms with E-state index in [1.807, 2.05) is 13.8 Å². The molecule has 0 bridgehead atoms. The topological polar surface area (TPSA) is 61.4 Å². The minimum absolute atomic E-state index is 0.0206. The van der Waals surface area contributed by atoms with Gasteiger partial charge in [0.05, 0.1) is 18.7 Å². The Hall–Kier alpha value is -0.870. The van der Waals surface area contributed by atoms with Gasteiger partial charge in [-0.25, -0.2) is 0 Å². The van der Waals surface area contributed by atoms with E-state index in [4.69, 9.17) is 0 Å². The Morgan fingerprint density at radius 3 is 2.47 bits per heavy atom. The predicted molar refractivity (Wildman–Crippen MR) is 61.6 cm³/mol. The molecule has 0 atom stereocenters. The van der Waals surface area contributed by atoms with E-state index in [1.54, 1.807) is 6.08 Å². The van der Waals surface area contributed by atoms with Gasteiger partial charge in [0.25, 0.3) is 0 Å². The lowest BCUT2D eigenvalue weighted by Gasteiger charge is -2.30. The molecule has 0 aromatic rings. The van der Waals surface area contributed by atoms with Crippen LogP contribution in [0, 0.1) is 0 Å². The molecular weight excluding hydrogens is 192 g/mol. The molecular formula is C11H22N2O2. The second-order valence-corrected chi connectivity index (χ2v) is 3.61. The van der Waals surface area contributed by atoms with Crippen molar-refractivity contribution in [3.63, 3.8) is 0 Å². The molecule has 0 rings (SSSR count). The van der Waals surface area contributed by atoms with Crippen molar-refractivity contribution in [1.82, 2.24) is 10.6 Å². The third kappa shape index (κ3) is 4.95. The lowest BCUT2D eigenvalue weighted by Crippen LogP contribution is -2.52. The summed E-state index contributed by atoms with van der Waals surface area (Å²) in [6.45, 7) is 8.30. The lowest BCUT2D eigenvalue weighted by atomic mass is 9.94. The van der Waals surface area contributed by atoms with Crippen LogP contribution in [0.3, 0.4) is 0 Å². The molecule has 1 amide bonds. The number of hydrogen-bond donors (Lipinski definition) is 3. The molecule has 0 saturated heterocycles. The van der Waals surface area contributed by atoms with Crippen LogP contribution in [0.2, 0.25) is 0 Å². The zero-order valence-electron chi connectivity index (χ0n) is 9.68. The smallest absolute Gasteiger partial charge is 0.234 e. The molecule has 0 unspecified atom stereocenters. The Balaban J connectivity index is 4.05. The van der Waals surface area contributed by atoms with Gasteiger partial charge in [0.2, 0.25) is 5.91 Å². The first-order valence-corrected chi connectivity index (χ1v) is 5.37. The van der Waals surface area contributed by atoms with E-state index in [1.165, 1.54) is 0 Å². The molecule has 0 fully saturated rings. The van der Waals surface area contributed by atoms with Crippen LogP contribution in [0.4, 0.5) is 0 Å². The highest BCUT2D eigenvalue weighted by atomic mass is 16.3. The van der Waals surface area contributed by atoms with Gasteiger partial charge in [0.15, 0.2) is 0 Å². The van der Waals surface area contributed by atoms with Gasteiger partial charge in [0, 0.05) is 6.54 Å². The van der Waals surface area contributed by atoms with Crippen molar-refractivity contribution in [2.24, 2.45) is 0 Å². The molecule has 0 aromatic carbocycles. The lowest BCUT2D eigenvalue weighted by molar-refractivity contribution is -0.122. The Kier molecular flexibility index (Phi) is 6.99. The molecule has 0 saturated carbocycles. The highest BCUT2D eigenvalue weighted by Crippen LogP contribution is 2.13. The molecule has 0 aliphatic rings. The van der Waals surface area contributed by atoms with Crippen LogP contribution in [0.15, 0.2) is 12.7 Å². The zero-order valence-corrected chi connectivity index (χ0v) is 9.68. The van der Waals surface area contributed by atoms with E-state index in [0.717, 1.165) is 12.8 Å². The summed E-state index contributed by atoms with van der Waals surface area (Å²) >= 11 is 0. The molecule has 15 heavy (non-hydrogen) atoms. The van der Waals surface area contributed by atoms with Crippen molar-refractivity contribution in [3.05, 3.63) is 12.7 Å². The summed E-state index contributed by atoms with van der Waals surface area (Å²) in [7, 11) is 0. The summed E-state index contributed by atoms with van der Waals surface area (Å²) in [6.07, 6.45) is 3.16. The first kappa shape index (κ1) is 14.1. The minimum atomic E-state index is -0.465. The number of carbonyl (C=O) groups excluding carboxylic acids is 1. The third-order valence-electron chi connectivity index (χ3n) is 2.64. The zero-order chi connectivity index (χ0) is 11.7. The van der Waals surface area contributed by atoms with Crippen LogP contribution in [0.25, 0.3) is 0 Å². The predicted octanol–water partition coefficient (Wildman–Crippen LogP) is 0.429. The molecule has 88 valence electrons. The van der Waals surface area contributed by atoms with E-state index in [2.05, 4.69) is 17.2 Å². The fraction of sp³-hybridized carbons (Fsp3) is 0.727. The number of hydrogen-bond acceptors (Lipinski definition) is 3. The average Bonchev–Trinajstić information content (AvgIpc) is 2.26. The number of carbonyl (C=O) groups is 1. The van der Waals surface area contributed by atoms with Gasteiger partial charge in [-0.05, 0) is 12.8 Å². The molecule has 0 heterocycles. The molecule has 3 N–H and O–H groups in total. The number of aliphatic hydroxyl groups excluding tert-OH is 1. The van der Waals surface area contributed by atoms with Crippen LogP contribution >= 0.6 is 0 Å². The molecule has 0 aliphatic heterocycles. The van der Waals surface area contributed by atoms with Gasteiger partial charge in [-0.1, -0.05) is 19.9 Å². The van der Waals surface area contributed by atoms with Crippen LogP contribution in [0.1, 0.15) is 26.7 Å². The third-order valence-corrected chi connectivity index (χ3v) is 2.64. The summed E-state index contributed by atoms with van der Waals surface area (Å²) < 4.78 is 0. The van der Waals surface area contributed by atoms with Crippen LogP contribution in [0.5, 0.6) is 0 Å². The van der Waals surface area contributed by atoms with Crippen LogP contribution in [-0.2, 0) is 4.79 Å². The van der Waals surface area contributed by atoms with Gasteiger partial charge in [0.1, 0.15) is 0 Å². The molecule has 0 aromatic heterocycles. The molecule has 4 nitrogen and oxygen atoms in total. The molecule has 4 heteroatoms. The number of rotatable bonds is 8. The molecule has 0 radical (unpaired) electrons. The van der Waals surface area contributed by atoms with E-state index in [-0.39, 0.29) is 19.1 Å². The fourth-order valence-corrected chi connectivity index (χ4v) is 1.32. The average molecular weight is 214 g/mol. The summed E-state index contributed by atoms with van der Waals surface area (Å²) in [6, 6.07) is 0. The maximum Gasteiger partial charge on any atom is 0.234 e. The maximum absolute atomic E-state index is 11.5. The van der Waals surface area contributed by atoms with Gasteiger partial charge >= 0.3 is 0 Å². The maximum atomic E-state index is 11.5. The Labute approximate surface area is 91.8 Å². The standard InChI is InChI=1S/C11H22N2O2/c1-4-7-12-8-10(15)13-11(5-2,6-3)9-14/h4,12,14H,1,5-9H2,2-3H3,(H,13,15). The van der Waals surface area contributed by atoms with Crippen molar-refractivity contribution < 1.29 is 9.90 Å². The summed E-state index contributed by atoms with van der Waals surface area (Å²) in [4.78, 5) is 11.5. The molecule has 0 aliphatic carbocycles. The highest BCUT2D eigenvalue weighted by molar-refractivity contribution is 5.78. The summed E-state index contributed by atoms with van der Waals surface area (Å²) in [5.74, 6) is -0.0883. The second kappa shape index (κ2) is 7.43. The van der Waals surface area contributed by atoms with Gasteiger partial charge in [-0.15, -0.1) is 6.58 Å². The van der Waals surface area contributed by atoms with Crippen molar-refractivity contribution in [1.29, 1.82) is 0 Å². The number of amides is 1. The van der Waals surface area contributed by atoms with Crippen LogP contribution < -0.4 is 10.6 Å². The monoisotopic (exact) mass is 214 g/mol. The first-order chi connectivity index (χ1) is 7.14. The summed E-state index contributed by atoms with van der Waals surface area (Å²) in [5.41, 5.74) is -0.465. The van der Waals surface area contributed by atoms with E-state index in [0.29, 0.717) is 6.54 Å². The quantitative estimate of drug-likeness (QED) is 0.405. The largest absolute Gasteiger partial charge is 0.394 e. The highest BCUT2D eigenvalue weighted by Gasteiger charge is 2.26. The van der Waals surface area contributed by atoms with Crippen molar-refractivity contribution in [3.8, 4) is 0 Å². The fourth-order valence-electron chi connectivity index (χ4n) is 1.32. The SMILES string of the molecule is C=CCNCC(=O)NC(CC)(CC)CO. The normalized spacial score (nSPS) is 11.1. The van der Waals surface area contributed by atoms with E-state index in [9.17, 15) is 9.90 Å². The Morgan fingerprint density at radius 2 is 2.07 bits per heavy atom. The van der Waals surface area contributed by atoms with Gasteiger partial charge in [-0.3, -0.25) is 4.79 Å². The minimum Gasteiger partial charge on any atom is -0.394 e. The first-order valence-electron chi connectivity index (χ1n) is 5.37. The van der Waals surface area contributed by atoms with Crippen molar-refractivity contribution >= 4 is 5.91 Å². The summed E-state index contributed by atoms with van der Waals surface area (Å²) in [5, 5.41) is 15.0. The number of nitrogens with one attached hydrogen (secondary N) is 2. The second-order valence-electron chi connectivity index (χ2n) is 3.61. The van der Waals surface area contributed by atoms with Gasteiger partial charge in [-0.2, -0.15) is 0 Å². The van der Waals surface area contributed by atoms with Crippen LogP contribution in [-0.4, -0.2) is 36.2 Å². The Bertz CT molecular complexity index is 192. The van der Waals surface area contributed by atoms with E-state index < -0.39 is 5.54 Å². The van der Waals surface area contributed by atoms with E-state index >= 15 is 0 Å². The van der Waals surface area contributed by atoms with Gasteiger partial charge < -0.3 is 15.7 Å². The number of aliphatic hydroxyl groups is 1. The van der Waals surface area contributed by atoms with Crippen molar-refractivity contribution in [2.75, 3.05) is 19.7 Å². The molecule has 0 spiro atoms. The Morgan fingerprint density at radius 1 is 1.47 bits per heavy atom.